The lowest BCUT2D eigenvalue weighted by molar-refractivity contribution is 0.122. The molecule has 29 heavy (non-hydrogen) atoms. The molecule has 0 spiro atoms. The summed E-state index contributed by atoms with van der Waals surface area (Å²) in [5.74, 6) is 1.78. The minimum absolute atomic E-state index is 0.459. The molecular formula is C21H27Cl2N5O. The first-order chi connectivity index (χ1) is 14.1. The number of hydrogen-bond donors (Lipinski definition) is 0. The van der Waals surface area contributed by atoms with E-state index in [0.29, 0.717) is 6.04 Å². The SMILES string of the molecule is CN(c1ccnc(N2CCOCC2)n1)C1CCN(Cc2c(Cl)cccc2Cl)CC1. The van der Waals surface area contributed by atoms with Gasteiger partial charge in [0.15, 0.2) is 0 Å². The van der Waals surface area contributed by atoms with E-state index in [1.54, 1.807) is 0 Å². The number of halogens is 2. The molecule has 0 bridgehead atoms. The molecular weight excluding hydrogens is 409 g/mol. The van der Waals surface area contributed by atoms with E-state index in [-0.39, 0.29) is 0 Å². The fourth-order valence-corrected chi connectivity index (χ4v) is 4.53. The molecule has 1 aromatic carbocycles. The van der Waals surface area contributed by atoms with Crippen LogP contribution in [0.25, 0.3) is 0 Å². The monoisotopic (exact) mass is 435 g/mol. The first-order valence-corrected chi connectivity index (χ1v) is 10.9. The fraction of sp³-hybridized carbons (Fsp3) is 0.524. The maximum Gasteiger partial charge on any atom is 0.227 e. The van der Waals surface area contributed by atoms with Crippen LogP contribution in [0, 0.1) is 0 Å². The van der Waals surface area contributed by atoms with Gasteiger partial charge >= 0.3 is 0 Å². The zero-order chi connectivity index (χ0) is 20.2. The van der Waals surface area contributed by atoms with Gasteiger partial charge in [-0.25, -0.2) is 4.98 Å². The smallest absolute Gasteiger partial charge is 0.227 e. The Kier molecular flexibility index (Phi) is 6.75. The maximum atomic E-state index is 6.34. The second kappa shape index (κ2) is 9.47. The Hall–Kier alpha value is -1.60. The Balaban J connectivity index is 1.36. The molecule has 0 saturated carbocycles. The molecule has 0 amide bonds. The van der Waals surface area contributed by atoms with E-state index in [1.807, 2.05) is 30.5 Å². The minimum Gasteiger partial charge on any atom is -0.378 e. The normalized spacial score (nSPS) is 18.8. The molecule has 2 aliphatic heterocycles. The molecule has 156 valence electrons. The van der Waals surface area contributed by atoms with Crippen molar-refractivity contribution in [1.29, 1.82) is 0 Å². The second-order valence-corrected chi connectivity index (χ2v) is 8.45. The molecule has 0 aliphatic carbocycles. The molecule has 0 atom stereocenters. The number of aromatic nitrogens is 2. The first-order valence-electron chi connectivity index (χ1n) is 10.2. The molecule has 2 saturated heterocycles. The highest BCUT2D eigenvalue weighted by Gasteiger charge is 2.25. The summed E-state index contributed by atoms with van der Waals surface area (Å²) in [7, 11) is 2.14. The van der Waals surface area contributed by atoms with Crippen LogP contribution < -0.4 is 9.80 Å². The number of benzene rings is 1. The number of anilines is 2. The van der Waals surface area contributed by atoms with Gasteiger partial charge in [0.1, 0.15) is 5.82 Å². The summed E-state index contributed by atoms with van der Waals surface area (Å²) in [5, 5.41) is 1.49. The molecule has 0 radical (unpaired) electrons. The van der Waals surface area contributed by atoms with Crippen LogP contribution in [0.3, 0.4) is 0 Å². The van der Waals surface area contributed by atoms with E-state index in [4.69, 9.17) is 32.9 Å². The molecule has 2 fully saturated rings. The van der Waals surface area contributed by atoms with Crippen LogP contribution in [0.4, 0.5) is 11.8 Å². The number of piperidine rings is 1. The predicted molar refractivity (Wildman–Crippen MR) is 118 cm³/mol. The number of morpholine rings is 1. The summed E-state index contributed by atoms with van der Waals surface area (Å²) in [5.41, 5.74) is 1.02. The topological polar surface area (TPSA) is 44.7 Å². The second-order valence-electron chi connectivity index (χ2n) is 7.63. The summed E-state index contributed by atoms with van der Waals surface area (Å²) < 4.78 is 5.43. The summed E-state index contributed by atoms with van der Waals surface area (Å²) in [6.45, 7) is 5.97. The average Bonchev–Trinajstić information content (AvgIpc) is 2.77. The van der Waals surface area contributed by atoms with Crippen molar-refractivity contribution in [3.05, 3.63) is 46.1 Å². The molecule has 8 heteroatoms. The van der Waals surface area contributed by atoms with E-state index >= 15 is 0 Å². The van der Waals surface area contributed by atoms with Crippen molar-refractivity contribution in [2.24, 2.45) is 0 Å². The molecule has 2 aromatic rings. The average molecular weight is 436 g/mol. The summed E-state index contributed by atoms with van der Waals surface area (Å²) >= 11 is 12.7. The highest BCUT2D eigenvalue weighted by Crippen LogP contribution is 2.28. The standard InChI is InChI=1S/C21H27Cl2N5O/c1-26(20-5-8-24-21(25-20)28-11-13-29-14-12-28)16-6-9-27(10-7-16)15-17-18(22)3-2-4-19(17)23/h2-5,8,16H,6-7,9-15H2,1H3. The van der Waals surface area contributed by atoms with Crippen LogP contribution in [-0.4, -0.2) is 67.4 Å². The van der Waals surface area contributed by atoms with Gasteiger partial charge in [-0.05, 0) is 31.0 Å². The largest absolute Gasteiger partial charge is 0.378 e. The van der Waals surface area contributed by atoms with E-state index in [9.17, 15) is 0 Å². The van der Waals surface area contributed by atoms with E-state index in [1.165, 1.54) is 0 Å². The van der Waals surface area contributed by atoms with Gasteiger partial charge in [-0.1, -0.05) is 29.3 Å². The summed E-state index contributed by atoms with van der Waals surface area (Å²) in [4.78, 5) is 16.2. The van der Waals surface area contributed by atoms with Crippen LogP contribution >= 0.6 is 23.2 Å². The minimum atomic E-state index is 0.459. The summed E-state index contributed by atoms with van der Waals surface area (Å²) in [6.07, 6.45) is 4.02. The van der Waals surface area contributed by atoms with Crippen molar-refractivity contribution in [2.45, 2.75) is 25.4 Å². The molecule has 0 N–H and O–H groups in total. The van der Waals surface area contributed by atoms with Gasteiger partial charge in [0.25, 0.3) is 0 Å². The maximum absolute atomic E-state index is 6.34. The van der Waals surface area contributed by atoms with Gasteiger partial charge in [0.05, 0.1) is 13.2 Å². The van der Waals surface area contributed by atoms with Gasteiger partial charge in [-0.15, -0.1) is 0 Å². The van der Waals surface area contributed by atoms with Crippen LogP contribution in [0.2, 0.25) is 10.0 Å². The predicted octanol–water partition coefficient (Wildman–Crippen LogP) is 3.72. The van der Waals surface area contributed by atoms with Crippen molar-refractivity contribution in [2.75, 3.05) is 56.2 Å². The van der Waals surface area contributed by atoms with Crippen molar-refractivity contribution >= 4 is 35.0 Å². The molecule has 0 unspecified atom stereocenters. The lowest BCUT2D eigenvalue weighted by Crippen LogP contribution is -2.43. The van der Waals surface area contributed by atoms with Crippen molar-refractivity contribution < 1.29 is 4.74 Å². The van der Waals surface area contributed by atoms with Crippen LogP contribution in [0.5, 0.6) is 0 Å². The zero-order valence-corrected chi connectivity index (χ0v) is 18.2. The molecule has 3 heterocycles. The number of likely N-dealkylation sites (tertiary alicyclic amines) is 1. The van der Waals surface area contributed by atoms with E-state index in [2.05, 4.69) is 26.7 Å². The molecule has 2 aliphatic rings. The van der Waals surface area contributed by atoms with Gasteiger partial charge < -0.3 is 14.5 Å². The van der Waals surface area contributed by atoms with Crippen LogP contribution in [0.15, 0.2) is 30.5 Å². The number of ether oxygens (including phenoxy) is 1. The Morgan fingerprint density at radius 3 is 2.45 bits per heavy atom. The third-order valence-corrected chi connectivity index (χ3v) is 6.54. The van der Waals surface area contributed by atoms with Gasteiger partial charge in [0, 0.05) is 67.6 Å². The molecule has 6 nitrogen and oxygen atoms in total. The molecule has 4 rings (SSSR count). The quantitative estimate of drug-likeness (QED) is 0.712. The zero-order valence-electron chi connectivity index (χ0n) is 16.7. The van der Waals surface area contributed by atoms with Crippen molar-refractivity contribution in [3.63, 3.8) is 0 Å². The third kappa shape index (κ3) is 4.94. The number of nitrogens with zero attached hydrogens (tertiary/aromatic N) is 5. The van der Waals surface area contributed by atoms with Gasteiger partial charge in [-0.2, -0.15) is 4.98 Å². The first kappa shape index (κ1) is 20.7. The Morgan fingerprint density at radius 2 is 1.76 bits per heavy atom. The van der Waals surface area contributed by atoms with E-state index < -0.39 is 0 Å². The Labute approximate surface area is 182 Å². The highest BCUT2D eigenvalue weighted by atomic mass is 35.5. The van der Waals surface area contributed by atoms with Gasteiger partial charge in [0.2, 0.25) is 5.95 Å². The van der Waals surface area contributed by atoms with Crippen LogP contribution in [-0.2, 0) is 11.3 Å². The van der Waals surface area contributed by atoms with E-state index in [0.717, 1.165) is 86.2 Å². The molecule has 1 aromatic heterocycles. The Bertz CT molecular complexity index is 802. The van der Waals surface area contributed by atoms with Crippen molar-refractivity contribution in [3.8, 4) is 0 Å². The van der Waals surface area contributed by atoms with Gasteiger partial charge in [-0.3, -0.25) is 4.90 Å². The Morgan fingerprint density at radius 1 is 1.07 bits per heavy atom. The highest BCUT2D eigenvalue weighted by molar-refractivity contribution is 6.35. The van der Waals surface area contributed by atoms with Crippen LogP contribution in [0.1, 0.15) is 18.4 Å². The summed E-state index contributed by atoms with van der Waals surface area (Å²) in [6, 6.07) is 8.16. The lowest BCUT2D eigenvalue weighted by atomic mass is 10.0. The van der Waals surface area contributed by atoms with Crippen molar-refractivity contribution in [1.82, 2.24) is 14.9 Å². The lowest BCUT2D eigenvalue weighted by Gasteiger charge is -2.37. The number of hydrogen-bond acceptors (Lipinski definition) is 6. The number of rotatable bonds is 5. The third-order valence-electron chi connectivity index (χ3n) is 5.83. The fourth-order valence-electron chi connectivity index (χ4n) is 4.01.